The van der Waals surface area contributed by atoms with Gasteiger partial charge in [0.2, 0.25) is 12.7 Å². The Labute approximate surface area is 1020 Å². The Balaban J connectivity index is 0.000000195. The third kappa shape index (κ3) is 32.1. The van der Waals surface area contributed by atoms with E-state index in [9.17, 15) is 0 Å². The van der Waals surface area contributed by atoms with Gasteiger partial charge in [0.05, 0.1) is 78.4 Å². The van der Waals surface area contributed by atoms with Crippen LogP contribution in [0.25, 0.3) is 22.7 Å². The molecule has 0 amide bonds. The molecule has 16 rings (SSSR count). The molecule has 45 heteroatoms. The molecule has 0 bridgehead atoms. The van der Waals surface area contributed by atoms with Crippen LogP contribution in [0.2, 0.25) is 0 Å². The normalized spacial score (nSPS) is 11.6. The summed E-state index contributed by atoms with van der Waals surface area (Å²) >= 11 is 81.9. The van der Waals surface area contributed by atoms with E-state index in [-0.39, 0.29) is 74.8 Å². The van der Waals surface area contributed by atoms with E-state index < -0.39 is 0 Å². The smallest absolute Gasteiger partial charge is 1.00 e. The zero-order valence-electron chi connectivity index (χ0n) is 63.8. The molecule has 2 aliphatic heterocycles. The number of ether oxygens (including phenoxy) is 4. The monoisotopic (exact) mass is 3940 g/mol. The van der Waals surface area contributed by atoms with Gasteiger partial charge >= 0.3 is 21.1 Å². The molecule has 17 nitrogen and oxygen atoms in total. The summed E-state index contributed by atoms with van der Waals surface area (Å²) in [5.41, 5.74) is 5.50. The molecule has 0 spiro atoms. The third-order valence-electron chi connectivity index (χ3n) is 16.3. The molecule has 2 aliphatic rings. The minimum atomic E-state index is 0. The Bertz CT molecular complexity index is 5880. The molecule has 666 valence electrons. The van der Waals surface area contributed by atoms with E-state index in [0.717, 1.165) is 141 Å². The van der Waals surface area contributed by atoms with Crippen molar-refractivity contribution in [2.45, 2.75) is 0 Å². The average molecular weight is 3960 g/mol. The Morgan fingerprint density at radius 2 is 0.598 bits per heavy atom. The van der Waals surface area contributed by atoms with Crippen LogP contribution in [0.5, 0.6) is 51.7 Å². The average Bonchev–Trinajstić information content (AvgIpc) is 1.73. The van der Waals surface area contributed by atoms with Crippen LogP contribution >= 0.6 is 432 Å². The maximum Gasteiger partial charge on any atom is 4.00 e. The molecule has 1 N–H and O–H groups in total. The first-order valence-electron chi connectivity index (χ1n) is 34.3. The van der Waals surface area contributed by atoms with Gasteiger partial charge in [-0.1, -0.05) is 20.3 Å². The van der Waals surface area contributed by atoms with Crippen molar-refractivity contribution in [2.24, 2.45) is 14.1 Å². The topological polar surface area (TPSA) is 123 Å². The van der Waals surface area contributed by atoms with Gasteiger partial charge in [-0.2, -0.15) is 13.3 Å². The fraction of sp³-hybridized carbons (Fsp3) is 0.0488. The van der Waals surface area contributed by atoms with E-state index in [0.29, 0.717) is 39.0 Å². The van der Waals surface area contributed by atoms with Crippen LogP contribution in [0.4, 0.5) is 11.4 Å². The number of anilines is 2. The molecule has 0 saturated heterocycles. The van der Waals surface area contributed by atoms with Crippen LogP contribution in [-0.4, -0.2) is 57.2 Å². The molecule has 0 aliphatic carbocycles. The van der Waals surface area contributed by atoms with E-state index in [2.05, 4.69) is 466 Å². The predicted molar refractivity (Wildman–Crippen MR) is 604 cm³/mol. The van der Waals surface area contributed by atoms with Gasteiger partial charge in [-0.15, -0.1) is 88.0 Å². The summed E-state index contributed by atoms with van der Waals surface area (Å²) in [4.78, 5) is 16.1. The van der Waals surface area contributed by atoms with Crippen molar-refractivity contribution < 1.29 is 102 Å². The number of nitrogens with zero attached hydrogens (tertiary/aromatic N) is 12. The Kier molecular flexibility index (Phi) is 48.5. The Hall–Kier alpha value is 2.12. The van der Waals surface area contributed by atoms with Crippen LogP contribution in [-0.2, 0) is 35.2 Å². The van der Waals surface area contributed by atoms with Crippen molar-refractivity contribution in [3.05, 3.63) is 342 Å². The zero-order valence-corrected chi connectivity index (χ0v) is 113. The number of rotatable bonds is 14. The number of hydrogen-bond acceptors (Lipinski definition) is 11. The maximum absolute atomic E-state index is 9.15. The van der Waals surface area contributed by atoms with Crippen molar-refractivity contribution >= 4 is 443 Å². The summed E-state index contributed by atoms with van der Waals surface area (Å²) in [6.07, 6.45) is 30.5. The van der Waals surface area contributed by atoms with Gasteiger partial charge in [-0.05, 0) is 488 Å². The van der Waals surface area contributed by atoms with Gasteiger partial charge < -0.3 is 101 Å². The van der Waals surface area contributed by atoms with Crippen LogP contribution < -0.4 is 85.8 Å². The maximum atomic E-state index is 9.15. The zero-order chi connectivity index (χ0) is 90.0. The van der Waals surface area contributed by atoms with E-state index in [1.54, 1.807) is 31.1 Å². The van der Waals surface area contributed by atoms with Crippen LogP contribution in [0.1, 0.15) is 0 Å². The van der Waals surface area contributed by atoms with Crippen molar-refractivity contribution in [1.82, 2.24) is 38.0 Å². The summed E-state index contributed by atoms with van der Waals surface area (Å²) in [5.74, 6) is 5.75. The summed E-state index contributed by atoms with van der Waals surface area (Å²) in [6, 6.07) is 41.9. The van der Waals surface area contributed by atoms with Gasteiger partial charge in [-0.25, -0.2) is 28.2 Å². The quantitative estimate of drug-likeness (QED) is 0.0484. The first-order valence-corrected chi connectivity index (χ1v) is 55.6. The largest absolute Gasteiger partial charge is 4.00 e. The summed E-state index contributed by atoms with van der Waals surface area (Å²) < 4.78 is 60.6. The molecule has 6 heterocycles. The fourth-order valence-corrected chi connectivity index (χ4v) is 25.0. The van der Waals surface area contributed by atoms with Crippen LogP contribution in [0.15, 0.2) is 298 Å². The molecule has 10 aromatic carbocycles. The number of halogens is 27. The molecule has 0 radical (unpaired) electrons. The van der Waals surface area contributed by atoms with E-state index >= 15 is 0 Å². The number of phenols is 1. The van der Waals surface area contributed by atoms with Gasteiger partial charge in [0.25, 0.3) is 0 Å². The first kappa shape index (κ1) is 114. The number of phenolic OH excluding ortho intramolecular Hbond substituents is 1. The first-order chi connectivity index (χ1) is 58.7. The van der Waals surface area contributed by atoms with Crippen LogP contribution in [0.3, 0.4) is 0 Å². The summed E-state index contributed by atoms with van der Waals surface area (Å²) in [7, 11) is 7.92. The standard InChI is InChI=1S/C20H16Br4N4O.C20H14Br4N4O.C18H10Br4N4O.C12H4Br4I2O.C6H2Br2I2.C6H3Br2IO.2HI.Pt/c2*1-25-3-5-27(11-25)17-9-19(15(23)7-13(17)21)29-20-10-18(14(22)8-16(20)24)28-6-4-26(2)12-28;19-11-5-13(21)17(7-15(11)25-3-1-23-9-25)27-18-8-16(12(20)6-14(18)22)26-4-2-24-10-26;13-5-1-7(15)11(3-9(5)17)19-12-4-10(18)6(14)2-8(12)16;2*7-3-1-4(8)6(10)2-5(3)9;;;/h3-12H,1-2H3;3-8,11-12H,1-2H3;1-10H;1-4H;1-2H;1-2,10H;2*1H;/q+2;-4;;;;;;;+4/p-2. The molecular weight excluding hydrogens is 3910 g/mol. The molecule has 0 fully saturated rings. The second-order valence-corrected chi connectivity index (χ2v) is 48.2. The molecule has 14 aromatic rings. The van der Waals surface area contributed by atoms with E-state index in [4.69, 9.17) is 24.1 Å². The number of benzene rings is 10. The molecule has 0 saturated carbocycles. The van der Waals surface area contributed by atoms with Gasteiger partial charge in [-0.3, -0.25) is 0 Å². The number of imidazole rings is 4. The van der Waals surface area contributed by atoms with Crippen molar-refractivity contribution in [2.75, 3.05) is 23.9 Å². The van der Waals surface area contributed by atoms with Gasteiger partial charge in [0.15, 0.2) is 0 Å². The van der Waals surface area contributed by atoms with Crippen LogP contribution in [0, 0.1) is 43.3 Å². The number of aryl methyl sites for hydroxylation is 2. The van der Waals surface area contributed by atoms with Crippen molar-refractivity contribution in [1.29, 1.82) is 0 Å². The second-order valence-electron chi connectivity index (χ2n) is 25.3. The molecule has 0 atom stereocenters. The number of aromatic nitrogens is 8. The summed E-state index contributed by atoms with van der Waals surface area (Å²) in [5, 5.41) is 9.15. The van der Waals surface area contributed by atoms with Gasteiger partial charge in [0.1, 0.15) is 76.4 Å². The fourth-order valence-electron chi connectivity index (χ4n) is 10.4. The minimum Gasteiger partial charge on any atom is -1.00 e. The van der Waals surface area contributed by atoms with E-state index in [1.165, 1.54) is 7.14 Å². The number of aromatic hydroxyl groups is 1. The number of hydrogen-bond donors (Lipinski definition) is 1. The van der Waals surface area contributed by atoms with Crippen molar-refractivity contribution in [3.8, 4) is 74.5 Å². The molecular formula is C82H49Br20I7N12O5Pt. The Morgan fingerprint density at radius 3 is 0.874 bits per heavy atom. The molecule has 0 unspecified atom stereocenters. The molecule has 127 heavy (non-hydrogen) atoms. The minimum absolute atomic E-state index is 0. The second kappa shape index (κ2) is 53.8. The third-order valence-corrected chi connectivity index (χ3v) is 37.1. The molecule has 4 aromatic heterocycles. The predicted octanol–water partition coefficient (Wildman–Crippen LogP) is 29.2. The van der Waals surface area contributed by atoms with Crippen molar-refractivity contribution in [3.63, 3.8) is 0 Å². The SMILES string of the molecule is Brc1cc(Br)c(-n2ccnc2)cc1Oc1cc(-n2ccnc2)c(Br)cc1Br.Brc1cc(Br)c(I)cc1I.Brc1cc(Br)c(Oc2cc(I)c(Br)cc2Br)cc1I.CN1C=CN(c2[c-]c(Oc3[c-]c(N4C=CN(C)[CH-]4)c(Br)cc3Br)c(Br)cc2Br)[CH-]1.C[n+]1ccn(-c2cc(Oc3cc(-n4cc[n+](C)c4)c(Br)cc3Br)c(Br)cc2Br)c1.Oc1cc(I)c(Br)cc1Br.[I-].[I-].[Pt+4]. The van der Waals surface area contributed by atoms with Gasteiger partial charge in [0, 0.05) is 110 Å². The Morgan fingerprint density at radius 1 is 0.323 bits per heavy atom. The van der Waals surface area contributed by atoms with E-state index in [1.807, 2.05) is 254 Å². The summed E-state index contributed by atoms with van der Waals surface area (Å²) in [6.45, 7) is 3.92.